The van der Waals surface area contributed by atoms with Gasteiger partial charge in [-0.3, -0.25) is 4.68 Å². The fraction of sp³-hybridized carbons (Fsp3) is 0.444. The van der Waals surface area contributed by atoms with E-state index in [0.29, 0.717) is 17.8 Å². The third-order valence-corrected chi connectivity index (χ3v) is 5.04. The highest BCUT2D eigenvalue weighted by Gasteiger charge is 2.41. The summed E-state index contributed by atoms with van der Waals surface area (Å²) >= 11 is 0. The average molecular weight is 418 g/mol. The third kappa shape index (κ3) is 5.28. The van der Waals surface area contributed by atoms with Gasteiger partial charge in [0.05, 0.1) is 30.4 Å². The van der Waals surface area contributed by atoms with Crippen LogP contribution in [0.25, 0.3) is 22.3 Å². The quantitative estimate of drug-likeness (QED) is 0.470. The Bertz CT molecular complexity index is 1060. The van der Waals surface area contributed by atoms with Crippen LogP contribution in [0.15, 0.2) is 31.0 Å². The molecule has 1 atom stereocenters. The Kier molecular flexibility index (Phi) is 5.87. The van der Waals surface area contributed by atoms with Gasteiger partial charge in [-0.05, 0) is 30.2 Å². The smallest absolute Gasteiger partial charge is 0.346 e. The molecule has 0 radical (unpaired) electrons. The molecular formula is C18H23N6O4P. The highest BCUT2D eigenvalue weighted by molar-refractivity contribution is 7.45. The molecule has 29 heavy (non-hydrogen) atoms. The maximum Gasteiger partial charge on any atom is 0.466 e. The number of rotatable bonds is 4. The van der Waals surface area contributed by atoms with Crippen molar-refractivity contribution in [3.05, 3.63) is 31.0 Å². The molecule has 0 aromatic carbocycles. The number of aromatic nitrogens is 5. The van der Waals surface area contributed by atoms with E-state index in [1.807, 2.05) is 29.3 Å². The van der Waals surface area contributed by atoms with E-state index in [1.165, 1.54) is 0 Å². The molecule has 1 aliphatic rings. The van der Waals surface area contributed by atoms with E-state index >= 15 is 0 Å². The molecule has 0 saturated heterocycles. The molecule has 0 aliphatic heterocycles. The Hall–Kier alpha value is -2.57. The minimum atomic E-state index is -4.64. The van der Waals surface area contributed by atoms with Crippen LogP contribution in [0.1, 0.15) is 39.2 Å². The average Bonchev–Trinajstić information content (AvgIpc) is 3.25. The summed E-state index contributed by atoms with van der Waals surface area (Å²) in [6.45, 7) is 4.57. The molecule has 4 N–H and O–H groups in total. The molecule has 1 fully saturated rings. The van der Waals surface area contributed by atoms with Gasteiger partial charge in [0.1, 0.15) is 12.0 Å². The zero-order valence-corrected chi connectivity index (χ0v) is 17.0. The molecule has 11 heteroatoms. The van der Waals surface area contributed by atoms with E-state index in [-0.39, 0.29) is 6.04 Å². The van der Waals surface area contributed by atoms with E-state index in [9.17, 15) is 5.26 Å². The maximum atomic E-state index is 9.22. The zero-order valence-electron chi connectivity index (χ0n) is 16.1. The number of nitrogens with zero attached hydrogens (tertiary/aromatic N) is 5. The standard InChI is InChI=1S/C18H20N6.H3O4P/c1-18(2)7-12(8-18)15(3-5-19)24-10-13(9-23-24)16-14-4-6-20-17(14)22-11-21-16;1-5(2,3)4/h4,6,9-12,15H,3,7-8H2,1-2H3,(H,20,21,22);(H3,1,2,3,4). The van der Waals surface area contributed by atoms with Gasteiger partial charge in [0.15, 0.2) is 0 Å². The number of hydrogen-bond acceptors (Lipinski definition) is 5. The first-order valence-electron chi connectivity index (χ1n) is 9.05. The van der Waals surface area contributed by atoms with Crippen LogP contribution in [0.3, 0.4) is 0 Å². The summed E-state index contributed by atoms with van der Waals surface area (Å²) < 4.78 is 10.8. The summed E-state index contributed by atoms with van der Waals surface area (Å²) in [5, 5.41) is 14.8. The van der Waals surface area contributed by atoms with Crippen molar-refractivity contribution in [2.24, 2.45) is 11.3 Å². The largest absolute Gasteiger partial charge is 0.466 e. The summed E-state index contributed by atoms with van der Waals surface area (Å²) in [5.74, 6) is 0.519. The van der Waals surface area contributed by atoms with Gasteiger partial charge in [0.25, 0.3) is 0 Å². The first-order chi connectivity index (χ1) is 13.6. The fourth-order valence-electron chi connectivity index (χ4n) is 3.95. The van der Waals surface area contributed by atoms with Crippen molar-refractivity contribution in [1.29, 1.82) is 5.26 Å². The van der Waals surface area contributed by atoms with Crippen LogP contribution in [-0.4, -0.2) is 39.4 Å². The van der Waals surface area contributed by atoms with Crippen molar-refractivity contribution in [2.45, 2.75) is 39.2 Å². The van der Waals surface area contributed by atoms with Crippen molar-refractivity contribution < 1.29 is 19.2 Å². The lowest BCUT2D eigenvalue weighted by atomic mass is 9.61. The predicted molar refractivity (Wildman–Crippen MR) is 105 cm³/mol. The topological polar surface area (TPSA) is 161 Å². The first-order valence-corrected chi connectivity index (χ1v) is 10.6. The van der Waals surface area contributed by atoms with Gasteiger partial charge in [-0.1, -0.05) is 13.8 Å². The summed E-state index contributed by atoms with van der Waals surface area (Å²) in [7, 11) is -4.64. The molecular weight excluding hydrogens is 395 g/mol. The lowest BCUT2D eigenvalue weighted by Crippen LogP contribution is -2.37. The van der Waals surface area contributed by atoms with Crippen LogP contribution in [0, 0.1) is 22.7 Å². The minimum Gasteiger partial charge on any atom is -0.346 e. The van der Waals surface area contributed by atoms with E-state index in [4.69, 9.17) is 19.2 Å². The Morgan fingerprint density at radius 2 is 2.07 bits per heavy atom. The molecule has 1 saturated carbocycles. The monoisotopic (exact) mass is 418 g/mol. The van der Waals surface area contributed by atoms with Gasteiger partial charge in [-0.2, -0.15) is 10.4 Å². The second kappa shape index (κ2) is 8.05. The molecule has 0 amide bonds. The number of nitrogens with one attached hydrogen (secondary N) is 1. The molecule has 0 spiro atoms. The molecule has 0 bridgehead atoms. The van der Waals surface area contributed by atoms with Crippen LogP contribution in [-0.2, 0) is 4.57 Å². The fourth-order valence-corrected chi connectivity index (χ4v) is 3.95. The highest BCUT2D eigenvalue weighted by atomic mass is 31.2. The first kappa shape index (κ1) is 21.1. The summed E-state index contributed by atoms with van der Waals surface area (Å²) in [6, 6.07) is 4.44. The highest BCUT2D eigenvalue weighted by Crippen LogP contribution is 2.50. The Morgan fingerprint density at radius 3 is 2.69 bits per heavy atom. The van der Waals surface area contributed by atoms with Crippen molar-refractivity contribution in [2.75, 3.05) is 0 Å². The van der Waals surface area contributed by atoms with Gasteiger partial charge < -0.3 is 19.7 Å². The van der Waals surface area contributed by atoms with Crippen LogP contribution >= 0.6 is 7.82 Å². The van der Waals surface area contributed by atoms with Crippen molar-refractivity contribution in [3.8, 4) is 17.3 Å². The van der Waals surface area contributed by atoms with Crippen molar-refractivity contribution in [3.63, 3.8) is 0 Å². The molecule has 3 heterocycles. The minimum absolute atomic E-state index is 0.139. The van der Waals surface area contributed by atoms with Gasteiger partial charge in [0, 0.05) is 23.3 Å². The van der Waals surface area contributed by atoms with E-state index in [0.717, 1.165) is 35.1 Å². The molecule has 154 valence electrons. The number of H-pyrrole nitrogens is 1. The summed E-state index contributed by atoms with van der Waals surface area (Å²) in [5.41, 5.74) is 3.04. The number of nitriles is 1. The van der Waals surface area contributed by atoms with Gasteiger partial charge in [-0.15, -0.1) is 0 Å². The van der Waals surface area contributed by atoms with Crippen molar-refractivity contribution in [1.82, 2.24) is 24.7 Å². The maximum absolute atomic E-state index is 9.22. The lowest BCUT2D eigenvalue weighted by Gasteiger charge is -2.46. The van der Waals surface area contributed by atoms with Crippen LogP contribution in [0.4, 0.5) is 0 Å². The SMILES string of the molecule is CC1(C)CC(C(CC#N)n2cc(-c3ncnc4[nH]ccc34)cn2)C1.O=P(O)(O)O. The molecule has 4 rings (SSSR count). The Balaban J connectivity index is 0.000000431. The molecule has 3 aromatic rings. The van der Waals surface area contributed by atoms with Crippen LogP contribution < -0.4 is 0 Å². The second-order valence-corrected chi connectivity index (χ2v) is 8.97. The molecule has 1 unspecified atom stereocenters. The number of phosphoric acid groups is 1. The third-order valence-electron chi connectivity index (χ3n) is 5.04. The van der Waals surface area contributed by atoms with Gasteiger partial charge in [-0.25, -0.2) is 14.5 Å². The van der Waals surface area contributed by atoms with Crippen LogP contribution in [0.2, 0.25) is 0 Å². The zero-order chi connectivity index (χ0) is 21.2. The van der Waals surface area contributed by atoms with Crippen molar-refractivity contribution >= 4 is 18.9 Å². The summed E-state index contributed by atoms with van der Waals surface area (Å²) in [6.07, 6.45) is 10.1. The van der Waals surface area contributed by atoms with E-state index in [2.05, 4.69) is 40.0 Å². The number of fused-ring (bicyclic) bond motifs is 1. The Labute approximate surface area is 167 Å². The van der Waals surface area contributed by atoms with Gasteiger partial charge in [0.2, 0.25) is 0 Å². The molecule has 10 nitrogen and oxygen atoms in total. The van der Waals surface area contributed by atoms with Crippen LogP contribution in [0.5, 0.6) is 0 Å². The molecule has 3 aromatic heterocycles. The lowest BCUT2D eigenvalue weighted by molar-refractivity contribution is 0.0503. The normalized spacial score (nSPS) is 17.1. The predicted octanol–water partition coefficient (Wildman–Crippen LogP) is 2.78. The number of hydrogen-bond donors (Lipinski definition) is 4. The second-order valence-electron chi connectivity index (χ2n) is 7.95. The van der Waals surface area contributed by atoms with E-state index in [1.54, 1.807) is 6.33 Å². The molecule has 1 aliphatic carbocycles. The summed E-state index contributed by atoms with van der Waals surface area (Å²) in [4.78, 5) is 33.3. The van der Waals surface area contributed by atoms with Gasteiger partial charge >= 0.3 is 7.82 Å². The number of aromatic amines is 1. The Morgan fingerprint density at radius 1 is 1.38 bits per heavy atom. The van der Waals surface area contributed by atoms with E-state index < -0.39 is 7.82 Å².